The van der Waals surface area contributed by atoms with E-state index in [2.05, 4.69) is 16.7 Å². The Balaban J connectivity index is 1.88. The van der Waals surface area contributed by atoms with E-state index in [-0.39, 0.29) is 17.9 Å². The van der Waals surface area contributed by atoms with Crippen LogP contribution < -0.4 is 10.6 Å². The molecule has 1 fully saturated rings. The summed E-state index contributed by atoms with van der Waals surface area (Å²) in [5, 5.41) is 8.30. The van der Waals surface area contributed by atoms with Crippen LogP contribution in [0.15, 0.2) is 17.5 Å². The molecule has 2 atom stereocenters. The molecule has 0 aliphatic carbocycles. The van der Waals surface area contributed by atoms with E-state index in [4.69, 9.17) is 0 Å². The van der Waals surface area contributed by atoms with Crippen molar-refractivity contribution in [1.29, 1.82) is 0 Å². The molecule has 1 amide bonds. The van der Waals surface area contributed by atoms with Crippen molar-refractivity contribution in [1.82, 2.24) is 10.6 Å². The van der Waals surface area contributed by atoms with Gasteiger partial charge in [0.15, 0.2) is 0 Å². The fraction of sp³-hybridized carbons (Fsp3) is 0.545. The standard InChI is InChI=1S/C11H16N2OS/c1-8(10-3-2-6-15-10)13-11(14)9-4-5-12-7-9/h2-3,6,8-9,12H,4-5,7H2,1H3,(H,13,14)/t8?,9-/m1/s1. The molecule has 1 aromatic heterocycles. The molecule has 15 heavy (non-hydrogen) atoms. The number of hydrogen-bond acceptors (Lipinski definition) is 3. The summed E-state index contributed by atoms with van der Waals surface area (Å²) in [6.45, 7) is 3.82. The van der Waals surface area contributed by atoms with Crippen molar-refractivity contribution >= 4 is 17.2 Å². The van der Waals surface area contributed by atoms with Crippen molar-refractivity contribution in [2.24, 2.45) is 5.92 Å². The lowest BCUT2D eigenvalue weighted by Crippen LogP contribution is -2.33. The van der Waals surface area contributed by atoms with Crippen molar-refractivity contribution in [2.45, 2.75) is 19.4 Å². The minimum absolute atomic E-state index is 0.137. The van der Waals surface area contributed by atoms with Gasteiger partial charge in [-0.05, 0) is 31.3 Å². The Bertz CT molecular complexity index is 317. The molecule has 2 N–H and O–H groups in total. The van der Waals surface area contributed by atoms with E-state index in [1.807, 2.05) is 18.4 Å². The molecular weight excluding hydrogens is 208 g/mol. The summed E-state index contributed by atoms with van der Waals surface area (Å²) < 4.78 is 0. The van der Waals surface area contributed by atoms with E-state index < -0.39 is 0 Å². The predicted molar refractivity (Wildman–Crippen MR) is 61.9 cm³/mol. The van der Waals surface area contributed by atoms with Crippen molar-refractivity contribution in [3.63, 3.8) is 0 Å². The maximum absolute atomic E-state index is 11.8. The van der Waals surface area contributed by atoms with E-state index in [0.29, 0.717) is 0 Å². The first-order valence-electron chi connectivity index (χ1n) is 5.32. The van der Waals surface area contributed by atoms with Gasteiger partial charge in [-0.2, -0.15) is 0 Å². The Kier molecular flexibility index (Phi) is 3.38. The summed E-state index contributed by atoms with van der Waals surface area (Å²) in [6, 6.07) is 4.21. The van der Waals surface area contributed by atoms with Gasteiger partial charge in [0.1, 0.15) is 0 Å². The van der Waals surface area contributed by atoms with Crippen molar-refractivity contribution in [3.05, 3.63) is 22.4 Å². The van der Waals surface area contributed by atoms with Crippen LogP contribution in [0.2, 0.25) is 0 Å². The van der Waals surface area contributed by atoms with E-state index in [1.165, 1.54) is 4.88 Å². The molecule has 2 rings (SSSR count). The molecular formula is C11H16N2OS. The van der Waals surface area contributed by atoms with Gasteiger partial charge in [-0.25, -0.2) is 0 Å². The van der Waals surface area contributed by atoms with Gasteiger partial charge in [0.2, 0.25) is 5.91 Å². The summed E-state index contributed by atoms with van der Waals surface area (Å²) in [5.74, 6) is 0.341. The highest BCUT2D eigenvalue weighted by molar-refractivity contribution is 7.10. The van der Waals surface area contributed by atoms with Crippen LogP contribution in [0.1, 0.15) is 24.3 Å². The Labute approximate surface area is 93.9 Å². The number of carbonyl (C=O) groups excluding carboxylic acids is 1. The Morgan fingerprint density at radius 3 is 3.20 bits per heavy atom. The smallest absolute Gasteiger partial charge is 0.224 e. The Hall–Kier alpha value is -0.870. The van der Waals surface area contributed by atoms with Gasteiger partial charge in [0.25, 0.3) is 0 Å². The zero-order valence-electron chi connectivity index (χ0n) is 8.82. The number of thiophene rings is 1. The second-order valence-corrected chi connectivity index (χ2v) is 4.91. The van der Waals surface area contributed by atoms with Crippen LogP contribution in [0.5, 0.6) is 0 Å². The van der Waals surface area contributed by atoms with Crippen LogP contribution in [-0.2, 0) is 4.79 Å². The van der Waals surface area contributed by atoms with Gasteiger partial charge in [-0.1, -0.05) is 6.07 Å². The fourth-order valence-electron chi connectivity index (χ4n) is 1.82. The zero-order chi connectivity index (χ0) is 10.7. The molecule has 0 saturated carbocycles. The number of hydrogen-bond donors (Lipinski definition) is 2. The van der Waals surface area contributed by atoms with Crippen LogP contribution in [0.4, 0.5) is 0 Å². The maximum atomic E-state index is 11.8. The largest absolute Gasteiger partial charge is 0.348 e. The third-order valence-electron chi connectivity index (χ3n) is 2.76. The lowest BCUT2D eigenvalue weighted by molar-refractivity contribution is -0.125. The quantitative estimate of drug-likeness (QED) is 0.817. The normalized spacial score (nSPS) is 22.6. The highest BCUT2D eigenvalue weighted by atomic mass is 32.1. The lowest BCUT2D eigenvalue weighted by atomic mass is 10.1. The Morgan fingerprint density at radius 1 is 1.73 bits per heavy atom. The number of rotatable bonds is 3. The van der Waals surface area contributed by atoms with Crippen LogP contribution >= 0.6 is 11.3 Å². The van der Waals surface area contributed by atoms with Crippen molar-refractivity contribution in [2.75, 3.05) is 13.1 Å². The summed E-state index contributed by atoms with van der Waals surface area (Å²) in [6.07, 6.45) is 0.961. The molecule has 3 nitrogen and oxygen atoms in total. The predicted octanol–water partition coefficient (Wildman–Crippen LogP) is 1.53. The molecule has 1 saturated heterocycles. The first-order valence-corrected chi connectivity index (χ1v) is 6.20. The number of carbonyl (C=O) groups is 1. The van der Waals surface area contributed by atoms with Gasteiger partial charge < -0.3 is 10.6 Å². The highest BCUT2D eigenvalue weighted by Crippen LogP contribution is 2.19. The Morgan fingerprint density at radius 2 is 2.60 bits per heavy atom. The molecule has 0 spiro atoms. The van der Waals surface area contributed by atoms with Crippen molar-refractivity contribution in [3.8, 4) is 0 Å². The van der Waals surface area contributed by atoms with E-state index in [9.17, 15) is 4.79 Å². The molecule has 0 aromatic carbocycles. The van der Waals surface area contributed by atoms with Crippen LogP contribution in [0.25, 0.3) is 0 Å². The second-order valence-electron chi connectivity index (χ2n) is 3.94. The van der Waals surface area contributed by atoms with E-state index >= 15 is 0 Å². The van der Waals surface area contributed by atoms with Gasteiger partial charge in [-0.3, -0.25) is 4.79 Å². The molecule has 1 aliphatic rings. The summed E-state index contributed by atoms with van der Waals surface area (Å²) >= 11 is 1.69. The summed E-state index contributed by atoms with van der Waals surface area (Å²) in [4.78, 5) is 13.0. The third-order valence-corrected chi connectivity index (χ3v) is 3.81. The van der Waals surface area contributed by atoms with Crippen LogP contribution in [-0.4, -0.2) is 19.0 Å². The van der Waals surface area contributed by atoms with E-state index in [0.717, 1.165) is 19.5 Å². The molecule has 4 heteroatoms. The fourth-order valence-corrected chi connectivity index (χ4v) is 2.55. The summed E-state index contributed by atoms with van der Waals surface area (Å²) in [5.41, 5.74) is 0. The van der Waals surface area contributed by atoms with Gasteiger partial charge >= 0.3 is 0 Å². The highest BCUT2D eigenvalue weighted by Gasteiger charge is 2.23. The molecule has 82 valence electrons. The molecule has 0 radical (unpaired) electrons. The SMILES string of the molecule is CC(NC(=O)[C@@H]1CCNC1)c1cccs1. The third kappa shape index (κ3) is 2.58. The molecule has 1 unspecified atom stereocenters. The van der Waals surface area contributed by atoms with Gasteiger partial charge in [-0.15, -0.1) is 11.3 Å². The number of amides is 1. The average molecular weight is 224 g/mol. The van der Waals surface area contributed by atoms with E-state index in [1.54, 1.807) is 11.3 Å². The monoisotopic (exact) mass is 224 g/mol. The topological polar surface area (TPSA) is 41.1 Å². The summed E-state index contributed by atoms with van der Waals surface area (Å²) in [7, 11) is 0. The van der Waals surface area contributed by atoms with Gasteiger partial charge in [0, 0.05) is 11.4 Å². The lowest BCUT2D eigenvalue weighted by Gasteiger charge is -2.15. The second kappa shape index (κ2) is 4.77. The molecule has 2 heterocycles. The minimum atomic E-state index is 0.137. The first kappa shape index (κ1) is 10.6. The van der Waals surface area contributed by atoms with Gasteiger partial charge in [0.05, 0.1) is 12.0 Å². The molecule has 0 bridgehead atoms. The maximum Gasteiger partial charge on any atom is 0.224 e. The molecule has 1 aromatic rings. The molecule has 1 aliphatic heterocycles. The number of nitrogens with one attached hydrogen (secondary N) is 2. The van der Waals surface area contributed by atoms with Crippen LogP contribution in [0.3, 0.4) is 0 Å². The van der Waals surface area contributed by atoms with Crippen molar-refractivity contribution < 1.29 is 4.79 Å². The minimum Gasteiger partial charge on any atom is -0.348 e. The first-order chi connectivity index (χ1) is 7.27. The average Bonchev–Trinajstić information content (AvgIpc) is 2.91. The van der Waals surface area contributed by atoms with Crippen LogP contribution in [0, 0.1) is 5.92 Å². The zero-order valence-corrected chi connectivity index (χ0v) is 9.64.